The van der Waals surface area contributed by atoms with E-state index in [1.54, 1.807) is 37.4 Å². The van der Waals surface area contributed by atoms with E-state index in [1.807, 2.05) is 18.5 Å². The molecule has 0 amide bonds. The second-order valence-electron chi connectivity index (χ2n) is 4.72. The molecule has 1 heterocycles. The van der Waals surface area contributed by atoms with E-state index in [9.17, 15) is 4.39 Å². The second kappa shape index (κ2) is 7.17. The van der Waals surface area contributed by atoms with Crippen LogP contribution in [0.25, 0.3) is 0 Å². The van der Waals surface area contributed by atoms with Gasteiger partial charge in [0.2, 0.25) is 0 Å². The summed E-state index contributed by atoms with van der Waals surface area (Å²) in [7, 11) is 1.71. The van der Waals surface area contributed by atoms with Crippen LogP contribution in [0.4, 0.5) is 4.39 Å². The fourth-order valence-electron chi connectivity index (χ4n) is 1.81. The topological polar surface area (TPSA) is 49.3 Å². The fraction of sp³-hybridized carbons (Fsp3) is 0.333. The van der Waals surface area contributed by atoms with Crippen molar-refractivity contribution in [3.8, 4) is 0 Å². The van der Waals surface area contributed by atoms with Crippen LogP contribution in [-0.4, -0.2) is 18.0 Å². The predicted octanol–water partition coefficient (Wildman–Crippen LogP) is 2.76. The van der Waals surface area contributed by atoms with Gasteiger partial charge in [-0.15, -0.1) is 11.3 Å². The number of benzene rings is 1. The van der Waals surface area contributed by atoms with E-state index < -0.39 is 0 Å². The summed E-state index contributed by atoms with van der Waals surface area (Å²) in [6.07, 6.45) is 0. The highest BCUT2D eigenvalue weighted by Crippen LogP contribution is 2.11. The second-order valence-corrected chi connectivity index (χ2v) is 5.66. The molecule has 0 fully saturated rings. The zero-order chi connectivity index (χ0) is 15.2. The third-order valence-electron chi connectivity index (χ3n) is 3.18. The third-order valence-corrected chi connectivity index (χ3v) is 4.12. The van der Waals surface area contributed by atoms with Gasteiger partial charge in [0.05, 0.1) is 17.7 Å². The molecule has 0 unspecified atom stereocenters. The molecule has 4 nitrogen and oxygen atoms in total. The summed E-state index contributed by atoms with van der Waals surface area (Å²) in [5.74, 6) is 0.501. The number of nitrogens with zero attached hydrogens (tertiary/aromatic N) is 2. The van der Waals surface area contributed by atoms with Crippen molar-refractivity contribution in [3.05, 3.63) is 51.2 Å². The Morgan fingerprint density at radius 3 is 2.67 bits per heavy atom. The summed E-state index contributed by atoms with van der Waals surface area (Å²) in [4.78, 5) is 9.55. The van der Waals surface area contributed by atoms with Crippen LogP contribution < -0.4 is 10.6 Å². The normalized spacial score (nSPS) is 11.5. The standard InChI is InChI=1S/C15H19FN4S/c1-10-4-5-12(6-13(10)16)7-18-15(17-3)19-8-14-11(2)20-9-21-14/h4-6,9H,7-8H2,1-3H3,(H2,17,18,19). The molecule has 0 spiro atoms. The minimum atomic E-state index is -0.183. The summed E-state index contributed by atoms with van der Waals surface area (Å²) < 4.78 is 13.5. The Bertz CT molecular complexity index is 636. The van der Waals surface area contributed by atoms with E-state index in [0.717, 1.165) is 11.3 Å². The van der Waals surface area contributed by atoms with E-state index in [0.29, 0.717) is 24.6 Å². The summed E-state index contributed by atoms with van der Waals surface area (Å²) in [5.41, 5.74) is 4.40. The molecule has 0 atom stereocenters. The van der Waals surface area contributed by atoms with Crippen LogP contribution in [0.1, 0.15) is 21.7 Å². The lowest BCUT2D eigenvalue weighted by molar-refractivity contribution is 0.615. The number of guanidine groups is 1. The Kier molecular flexibility index (Phi) is 5.27. The molecule has 0 saturated heterocycles. The Balaban J connectivity index is 1.88. The van der Waals surface area contributed by atoms with Gasteiger partial charge in [0.1, 0.15) is 5.82 Å². The number of hydrogen-bond acceptors (Lipinski definition) is 3. The minimum Gasteiger partial charge on any atom is -0.352 e. The average molecular weight is 306 g/mol. The number of hydrogen-bond donors (Lipinski definition) is 2. The van der Waals surface area contributed by atoms with Crippen molar-refractivity contribution < 1.29 is 4.39 Å². The van der Waals surface area contributed by atoms with Gasteiger partial charge in [-0.3, -0.25) is 4.99 Å². The van der Waals surface area contributed by atoms with Crippen LogP contribution >= 0.6 is 11.3 Å². The molecule has 0 aliphatic carbocycles. The highest BCUT2D eigenvalue weighted by molar-refractivity contribution is 7.09. The van der Waals surface area contributed by atoms with Crippen molar-refractivity contribution in [2.24, 2.45) is 4.99 Å². The van der Waals surface area contributed by atoms with Crippen LogP contribution in [-0.2, 0) is 13.1 Å². The molecule has 21 heavy (non-hydrogen) atoms. The highest BCUT2D eigenvalue weighted by atomic mass is 32.1. The van der Waals surface area contributed by atoms with Gasteiger partial charge >= 0.3 is 0 Å². The SMILES string of the molecule is CN=C(NCc1ccc(C)c(F)c1)NCc1scnc1C. The number of aryl methyl sites for hydroxylation is 2. The smallest absolute Gasteiger partial charge is 0.191 e. The molecule has 0 bridgehead atoms. The van der Waals surface area contributed by atoms with Crippen LogP contribution in [0.3, 0.4) is 0 Å². The molecule has 0 saturated carbocycles. The zero-order valence-electron chi connectivity index (χ0n) is 12.4. The quantitative estimate of drug-likeness (QED) is 0.674. The van der Waals surface area contributed by atoms with Crippen LogP contribution in [0, 0.1) is 19.7 Å². The van der Waals surface area contributed by atoms with Gasteiger partial charge in [0, 0.05) is 18.5 Å². The first kappa shape index (κ1) is 15.4. The fourth-order valence-corrected chi connectivity index (χ4v) is 2.53. The average Bonchev–Trinajstić information content (AvgIpc) is 2.88. The molecule has 2 aromatic rings. The lowest BCUT2D eigenvalue weighted by Crippen LogP contribution is -2.36. The summed E-state index contributed by atoms with van der Waals surface area (Å²) in [6.45, 7) is 4.94. The zero-order valence-corrected chi connectivity index (χ0v) is 13.2. The predicted molar refractivity (Wildman–Crippen MR) is 85.0 cm³/mol. The lowest BCUT2D eigenvalue weighted by atomic mass is 10.1. The molecule has 2 rings (SSSR count). The molecular formula is C15H19FN4S. The largest absolute Gasteiger partial charge is 0.352 e. The van der Waals surface area contributed by atoms with Gasteiger partial charge < -0.3 is 10.6 Å². The first-order valence-corrected chi connectivity index (χ1v) is 7.56. The minimum absolute atomic E-state index is 0.183. The molecule has 6 heteroatoms. The molecular weight excluding hydrogens is 287 g/mol. The number of aromatic nitrogens is 1. The third kappa shape index (κ3) is 4.26. The van der Waals surface area contributed by atoms with Gasteiger partial charge in [0.15, 0.2) is 5.96 Å². The van der Waals surface area contributed by atoms with Gasteiger partial charge in [-0.25, -0.2) is 9.37 Å². The van der Waals surface area contributed by atoms with Gasteiger partial charge in [0.25, 0.3) is 0 Å². The molecule has 112 valence electrons. The Morgan fingerprint density at radius 2 is 2.05 bits per heavy atom. The van der Waals surface area contributed by atoms with Crippen molar-refractivity contribution in [3.63, 3.8) is 0 Å². The maximum Gasteiger partial charge on any atom is 0.191 e. The van der Waals surface area contributed by atoms with E-state index in [-0.39, 0.29) is 5.82 Å². The number of thiazole rings is 1. The Labute approximate surface area is 128 Å². The molecule has 1 aromatic carbocycles. The monoisotopic (exact) mass is 306 g/mol. The van der Waals surface area contributed by atoms with E-state index >= 15 is 0 Å². The molecule has 0 radical (unpaired) electrons. The van der Waals surface area contributed by atoms with Crippen LogP contribution in [0.15, 0.2) is 28.7 Å². The number of rotatable bonds is 4. The van der Waals surface area contributed by atoms with Gasteiger partial charge in [-0.1, -0.05) is 12.1 Å². The van der Waals surface area contributed by atoms with Crippen LogP contribution in [0.5, 0.6) is 0 Å². The van der Waals surface area contributed by atoms with Crippen LogP contribution in [0.2, 0.25) is 0 Å². The van der Waals surface area contributed by atoms with Crippen molar-refractivity contribution in [1.82, 2.24) is 15.6 Å². The van der Waals surface area contributed by atoms with Crippen molar-refractivity contribution in [2.75, 3.05) is 7.05 Å². The van der Waals surface area contributed by atoms with Crippen molar-refractivity contribution >= 4 is 17.3 Å². The molecule has 0 aliphatic heterocycles. The van der Waals surface area contributed by atoms with Gasteiger partial charge in [-0.2, -0.15) is 0 Å². The Hall–Kier alpha value is -1.95. The van der Waals surface area contributed by atoms with E-state index in [4.69, 9.17) is 0 Å². The maximum absolute atomic E-state index is 13.5. The number of aliphatic imine (C=N–C) groups is 1. The number of nitrogens with one attached hydrogen (secondary N) is 2. The van der Waals surface area contributed by atoms with E-state index in [2.05, 4.69) is 20.6 Å². The van der Waals surface area contributed by atoms with Gasteiger partial charge in [-0.05, 0) is 31.0 Å². The summed E-state index contributed by atoms with van der Waals surface area (Å²) >= 11 is 1.61. The van der Waals surface area contributed by atoms with E-state index in [1.165, 1.54) is 4.88 Å². The molecule has 2 N–H and O–H groups in total. The number of halogens is 1. The first-order valence-electron chi connectivity index (χ1n) is 6.68. The summed E-state index contributed by atoms with van der Waals surface area (Å²) in [6, 6.07) is 5.23. The molecule has 0 aliphatic rings. The van der Waals surface area contributed by atoms with Crippen molar-refractivity contribution in [2.45, 2.75) is 26.9 Å². The summed E-state index contributed by atoms with van der Waals surface area (Å²) in [5, 5.41) is 6.40. The lowest BCUT2D eigenvalue weighted by Gasteiger charge is -2.12. The first-order chi connectivity index (χ1) is 10.1. The van der Waals surface area contributed by atoms with Crippen molar-refractivity contribution in [1.29, 1.82) is 0 Å². The molecule has 1 aromatic heterocycles. The maximum atomic E-state index is 13.5. The Morgan fingerprint density at radius 1 is 1.29 bits per heavy atom. The highest BCUT2D eigenvalue weighted by Gasteiger charge is 2.04.